The van der Waals surface area contributed by atoms with Crippen LogP contribution in [-0.2, 0) is 0 Å². The molecule has 4 nitrogen and oxygen atoms in total. The van der Waals surface area contributed by atoms with Crippen LogP contribution in [0.3, 0.4) is 0 Å². The van der Waals surface area contributed by atoms with Gasteiger partial charge in [0.15, 0.2) is 11.9 Å². The lowest BCUT2D eigenvalue weighted by atomic mass is 10.2. The monoisotopic (exact) mass is 244 g/mol. The van der Waals surface area contributed by atoms with Crippen molar-refractivity contribution in [2.75, 3.05) is 27.2 Å². The molecule has 0 amide bonds. The minimum absolute atomic E-state index is 0.0119. The van der Waals surface area contributed by atoms with Gasteiger partial charge in [-0.3, -0.25) is 8.68 Å². The highest BCUT2D eigenvalue weighted by Crippen LogP contribution is 2.26. The van der Waals surface area contributed by atoms with Crippen LogP contribution in [0.4, 0.5) is 0 Å². The van der Waals surface area contributed by atoms with E-state index in [-0.39, 0.29) is 11.7 Å². The predicted octanol–water partition coefficient (Wildman–Crippen LogP) is 1.75. The zero-order chi connectivity index (χ0) is 12.3. The van der Waals surface area contributed by atoms with Crippen LogP contribution < -0.4 is 0 Å². The van der Waals surface area contributed by atoms with Gasteiger partial charge in [-0.15, -0.1) is 0 Å². The maximum atomic E-state index is 12.0. The highest BCUT2D eigenvalue weighted by Gasteiger charge is 2.27. The third kappa shape index (κ3) is 3.10. The molecular formula is C11H18NO3S+. The number of hydrogen-bond acceptors (Lipinski definition) is 4. The molecule has 0 atom stereocenters. The summed E-state index contributed by atoms with van der Waals surface area (Å²) in [5.74, 6) is 0.652. The van der Waals surface area contributed by atoms with Crippen molar-refractivity contribution in [3.8, 4) is 0 Å². The second-order valence-corrected chi connectivity index (χ2v) is 5.79. The number of quaternary nitrogens is 1. The molecule has 0 spiro atoms. The van der Waals surface area contributed by atoms with E-state index in [1.54, 1.807) is 13.2 Å². The molecule has 0 fully saturated rings. The number of carbonyl (C=O) groups is 1. The number of aliphatic hydroxyl groups excluding tert-OH is 1. The molecule has 0 saturated carbocycles. The van der Waals surface area contributed by atoms with Crippen molar-refractivity contribution in [3.05, 3.63) is 23.2 Å². The molecular weight excluding hydrogens is 226 g/mol. The lowest BCUT2D eigenvalue weighted by Gasteiger charge is -2.24. The van der Waals surface area contributed by atoms with E-state index < -0.39 is 0 Å². The summed E-state index contributed by atoms with van der Waals surface area (Å²) in [6.45, 7) is 4.24. The van der Waals surface area contributed by atoms with E-state index in [9.17, 15) is 4.79 Å². The van der Waals surface area contributed by atoms with Crippen LogP contribution >= 0.6 is 11.9 Å². The lowest BCUT2D eigenvalue weighted by Crippen LogP contribution is -2.36. The molecule has 0 aliphatic heterocycles. The third-order valence-electron chi connectivity index (χ3n) is 2.33. The Bertz CT molecular complexity index is 365. The van der Waals surface area contributed by atoms with Gasteiger partial charge in [-0.25, -0.2) is 0 Å². The fourth-order valence-corrected chi connectivity index (χ4v) is 2.45. The molecule has 0 saturated heterocycles. The first-order valence-corrected chi connectivity index (χ1v) is 5.87. The quantitative estimate of drug-likeness (QED) is 0.647. The molecule has 16 heavy (non-hydrogen) atoms. The van der Waals surface area contributed by atoms with Gasteiger partial charge in [0, 0.05) is 0 Å². The largest absolute Gasteiger partial charge is 0.469 e. The number of likely N-dealkylation sites (N-methyl/N-ethyl adjacent to an activating group) is 1. The van der Waals surface area contributed by atoms with Crippen molar-refractivity contribution in [2.24, 2.45) is 0 Å². The summed E-state index contributed by atoms with van der Waals surface area (Å²) < 4.78 is 5.60. The van der Waals surface area contributed by atoms with Gasteiger partial charge in [0.2, 0.25) is 0 Å². The summed E-state index contributed by atoms with van der Waals surface area (Å²) in [6.07, 6.45) is 1.59. The summed E-state index contributed by atoms with van der Waals surface area (Å²) >= 11 is 1.19. The van der Waals surface area contributed by atoms with E-state index in [4.69, 9.17) is 9.52 Å². The third-order valence-corrected chi connectivity index (χ3v) is 3.38. The molecule has 90 valence electrons. The normalized spacial score (nSPS) is 11.8. The Labute approximate surface area is 100.0 Å². The van der Waals surface area contributed by atoms with Crippen LogP contribution in [0.5, 0.6) is 0 Å². The Kier molecular flexibility index (Phi) is 4.18. The van der Waals surface area contributed by atoms with E-state index in [1.165, 1.54) is 11.9 Å². The second-order valence-electron chi connectivity index (χ2n) is 4.25. The van der Waals surface area contributed by atoms with Gasteiger partial charge >= 0.3 is 0 Å². The van der Waals surface area contributed by atoms with E-state index in [1.807, 2.05) is 21.0 Å². The van der Waals surface area contributed by atoms with Gasteiger partial charge in [-0.05, 0) is 19.4 Å². The molecule has 0 aliphatic rings. The zero-order valence-corrected chi connectivity index (χ0v) is 10.9. The Morgan fingerprint density at radius 3 is 2.56 bits per heavy atom. The predicted molar refractivity (Wildman–Crippen MR) is 64.2 cm³/mol. The van der Waals surface area contributed by atoms with Crippen LogP contribution in [-0.4, -0.2) is 41.4 Å². The number of nitrogens with zero attached hydrogens (tertiary/aromatic N) is 1. The van der Waals surface area contributed by atoms with E-state index in [2.05, 4.69) is 0 Å². The molecule has 1 aromatic heterocycles. The van der Waals surface area contributed by atoms with E-state index in [0.717, 1.165) is 5.56 Å². The maximum Gasteiger partial charge on any atom is 0.280 e. The molecule has 0 aromatic carbocycles. The van der Waals surface area contributed by atoms with Gasteiger partial charge in [-0.2, -0.15) is 0 Å². The highest BCUT2D eigenvalue weighted by molar-refractivity contribution is 8.09. The van der Waals surface area contributed by atoms with Crippen molar-refractivity contribution in [2.45, 2.75) is 13.8 Å². The van der Waals surface area contributed by atoms with Crippen molar-refractivity contribution in [1.82, 2.24) is 0 Å². The highest BCUT2D eigenvalue weighted by atomic mass is 32.2. The van der Waals surface area contributed by atoms with Gasteiger partial charge in [0.05, 0.1) is 32.5 Å². The van der Waals surface area contributed by atoms with Crippen LogP contribution in [0.25, 0.3) is 0 Å². The molecule has 5 heteroatoms. The zero-order valence-electron chi connectivity index (χ0n) is 10.1. The lowest BCUT2D eigenvalue weighted by molar-refractivity contribution is -0.750. The number of rotatable bonds is 4. The number of aryl methyl sites for hydroxylation is 2. The smallest absolute Gasteiger partial charge is 0.280 e. The van der Waals surface area contributed by atoms with Gasteiger partial charge in [0.1, 0.15) is 12.3 Å². The van der Waals surface area contributed by atoms with Crippen molar-refractivity contribution in [1.29, 1.82) is 0 Å². The summed E-state index contributed by atoms with van der Waals surface area (Å²) in [5.41, 5.74) is 1.51. The molecule has 1 rings (SSSR count). The molecule has 1 aromatic rings. The van der Waals surface area contributed by atoms with Crippen molar-refractivity contribution >= 4 is 17.1 Å². The van der Waals surface area contributed by atoms with Gasteiger partial charge in [0.25, 0.3) is 5.12 Å². The summed E-state index contributed by atoms with van der Waals surface area (Å²) in [6, 6.07) is 0. The molecule has 0 radical (unpaired) electrons. The van der Waals surface area contributed by atoms with Crippen molar-refractivity contribution in [3.63, 3.8) is 0 Å². The second kappa shape index (κ2) is 5.03. The number of aliphatic hydroxyl groups is 1. The summed E-state index contributed by atoms with van der Waals surface area (Å²) in [5, 5.41) is 8.88. The minimum Gasteiger partial charge on any atom is -0.469 e. The van der Waals surface area contributed by atoms with Crippen LogP contribution in [0.2, 0.25) is 0 Å². The first-order chi connectivity index (χ1) is 7.37. The van der Waals surface area contributed by atoms with E-state index >= 15 is 0 Å². The van der Waals surface area contributed by atoms with E-state index in [0.29, 0.717) is 21.8 Å². The van der Waals surface area contributed by atoms with Crippen LogP contribution in [0.15, 0.2) is 10.7 Å². The fraction of sp³-hybridized carbons (Fsp3) is 0.545. The minimum atomic E-state index is -0.0119. The summed E-state index contributed by atoms with van der Waals surface area (Å²) in [7, 11) is 3.78. The first kappa shape index (κ1) is 13.3. The number of carbonyl (C=O) groups excluding carboxylic acids is 1. The number of furan rings is 1. The molecule has 0 unspecified atom stereocenters. The standard InChI is InChI=1S/C11H18NO3S/c1-8-7-15-9(2)10(8)11(14)16-12(3,4)5-6-13/h7,13H,5-6H2,1-4H3/q+1. The average Bonchev–Trinajstić information content (AvgIpc) is 2.44. The Morgan fingerprint density at radius 1 is 1.50 bits per heavy atom. The van der Waals surface area contributed by atoms with Crippen LogP contribution in [0, 0.1) is 13.8 Å². The Hall–Kier alpha value is -0.780. The maximum absolute atomic E-state index is 12.0. The first-order valence-electron chi connectivity index (χ1n) is 5.10. The summed E-state index contributed by atoms with van der Waals surface area (Å²) in [4.78, 5) is 12.0. The van der Waals surface area contributed by atoms with Crippen LogP contribution in [0.1, 0.15) is 21.7 Å². The topological polar surface area (TPSA) is 50.4 Å². The number of hydrogen-bond donors (Lipinski definition) is 1. The Balaban J connectivity index is 2.80. The molecule has 0 bridgehead atoms. The average molecular weight is 244 g/mol. The van der Waals surface area contributed by atoms with Crippen molar-refractivity contribution < 1.29 is 18.2 Å². The Morgan fingerprint density at radius 2 is 2.12 bits per heavy atom. The van der Waals surface area contributed by atoms with Gasteiger partial charge < -0.3 is 9.52 Å². The molecule has 0 aliphatic carbocycles. The van der Waals surface area contributed by atoms with Gasteiger partial charge in [-0.1, -0.05) is 0 Å². The molecule has 1 heterocycles. The fourth-order valence-electron chi connectivity index (χ4n) is 1.43. The SMILES string of the molecule is Cc1coc(C)c1C(=O)S[N+](C)(C)CCO. The molecule has 1 N–H and O–H groups in total.